The van der Waals surface area contributed by atoms with Crippen molar-refractivity contribution >= 4 is 45.0 Å². The fourth-order valence-electron chi connectivity index (χ4n) is 3.17. The molecule has 1 aromatic heterocycles. The molecule has 0 radical (unpaired) electrons. The Morgan fingerprint density at radius 2 is 2.12 bits per heavy atom. The number of alkyl halides is 1. The maximum absolute atomic E-state index is 13.7. The van der Waals surface area contributed by atoms with Crippen LogP contribution in [0.2, 0.25) is 0 Å². The minimum absolute atomic E-state index is 0.293. The number of halogens is 4. The number of likely N-dealkylation sites (tertiary alicyclic amines) is 1. The van der Waals surface area contributed by atoms with Crippen molar-refractivity contribution in [2.75, 3.05) is 26.0 Å². The number of pyridine rings is 1. The molecular formula is C15H15BrClF2N5O2. The van der Waals surface area contributed by atoms with Gasteiger partial charge in [-0.3, -0.25) is 9.59 Å². The van der Waals surface area contributed by atoms with Crippen LogP contribution < -0.4 is 10.7 Å². The van der Waals surface area contributed by atoms with Gasteiger partial charge in [-0.1, -0.05) is 27.5 Å². The number of hydrogen-bond donors (Lipinski definition) is 2. The molecule has 0 aromatic carbocycles. The number of carbonyl (C=O) groups excluding carboxylic acids is 2. The highest BCUT2D eigenvalue weighted by atomic mass is 79.9. The van der Waals surface area contributed by atoms with Crippen LogP contribution in [0.4, 0.5) is 14.5 Å². The van der Waals surface area contributed by atoms with Gasteiger partial charge in [-0.25, -0.2) is 5.43 Å². The Kier molecular flexibility index (Phi) is 5.18. The molecule has 26 heavy (non-hydrogen) atoms. The van der Waals surface area contributed by atoms with Crippen LogP contribution in [0.1, 0.15) is 0 Å². The molecule has 0 aliphatic carbocycles. The van der Waals surface area contributed by atoms with Gasteiger partial charge in [0.15, 0.2) is 0 Å². The van der Waals surface area contributed by atoms with Crippen LogP contribution in [0.25, 0.3) is 0 Å². The number of amides is 2. The fourth-order valence-corrected chi connectivity index (χ4v) is 4.09. The number of anilines is 1. The number of hydrazine groups is 1. The van der Waals surface area contributed by atoms with E-state index in [1.807, 2.05) is 0 Å². The highest BCUT2D eigenvalue weighted by Crippen LogP contribution is 2.39. The van der Waals surface area contributed by atoms with Gasteiger partial charge in [-0.05, 0) is 12.1 Å². The van der Waals surface area contributed by atoms with E-state index in [9.17, 15) is 18.4 Å². The summed E-state index contributed by atoms with van der Waals surface area (Å²) < 4.78 is 27.3. The molecule has 2 aliphatic heterocycles. The lowest BCUT2D eigenvalue weighted by Crippen LogP contribution is -2.38. The molecule has 2 aliphatic rings. The van der Waals surface area contributed by atoms with E-state index in [4.69, 9.17) is 11.6 Å². The molecule has 7 nitrogen and oxygen atoms in total. The molecule has 2 N–H and O–H groups in total. The first-order chi connectivity index (χ1) is 12.2. The molecule has 0 spiro atoms. The molecular weight excluding hydrogens is 436 g/mol. The van der Waals surface area contributed by atoms with Gasteiger partial charge in [-0.15, -0.1) is 0 Å². The van der Waals surface area contributed by atoms with Crippen LogP contribution >= 0.6 is 27.5 Å². The lowest BCUT2D eigenvalue weighted by molar-refractivity contribution is -0.135. The van der Waals surface area contributed by atoms with Gasteiger partial charge < -0.3 is 15.2 Å². The van der Waals surface area contributed by atoms with E-state index < -0.39 is 41.0 Å². The first-order valence-electron chi connectivity index (χ1n) is 7.62. The molecule has 1 aromatic rings. The number of carbonyl (C=O) groups is 2. The van der Waals surface area contributed by atoms with Crippen LogP contribution in [0.3, 0.4) is 0 Å². The van der Waals surface area contributed by atoms with Crippen LogP contribution in [-0.4, -0.2) is 52.8 Å². The van der Waals surface area contributed by atoms with Gasteiger partial charge in [0.05, 0.1) is 5.69 Å². The van der Waals surface area contributed by atoms with Crippen molar-refractivity contribution in [3.05, 3.63) is 34.2 Å². The zero-order valence-electron chi connectivity index (χ0n) is 13.8. The summed E-state index contributed by atoms with van der Waals surface area (Å²) in [6.07, 6.45) is 0. The predicted molar refractivity (Wildman–Crippen MR) is 93.9 cm³/mol. The van der Waals surface area contributed by atoms with Crippen molar-refractivity contribution in [3.8, 4) is 0 Å². The molecule has 11 heteroatoms. The van der Waals surface area contributed by atoms with Gasteiger partial charge in [-0.2, -0.15) is 13.8 Å². The Labute approximate surface area is 161 Å². The Morgan fingerprint density at radius 3 is 2.69 bits per heavy atom. The third-order valence-electron chi connectivity index (χ3n) is 4.36. The summed E-state index contributed by atoms with van der Waals surface area (Å²) in [6, 6.07) is 1.98. The Bertz CT molecular complexity index is 808. The maximum atomic E-state index is 13.7. The fraction of sp³-hybridized carbons (Fsp3) is 0.400. The monoisotopic (exact) mass is 449 g/mol. The van der Waals surface area contributed by atoms with E-state index in [1.54, 1.807) is 19.1 Å². The van der Waals surface area contributed by atoms with Gasteiger partial charge in [0, 0.05) is 36.7 Å². The summed E-state index contributed by atoms with van der Waals surface area (Å²) >= 11 is 9.54. The van der Waals surface area contributed by atoms with E-state index in [0.717, 1.165) is 12.1 Å². The summed E-state index contributed by atoms with van der Waals surface area (Å²) in [5.41, 5.74) is 2.81. The number of rotatable bonds is 3. The third-order valence-corrected chi connectivity index (χ3v) is 5.80. The SMILES string of the molecule is CN1C[C@H](C2=C(Br)C(Cl)NN2C)[C@@H](C(=O)Nc2ccc(F)nc2F)C1=O. The third kappa shape index (κ3) is 3.28. The summed E-state index contributed by atoms with van der Waals surface area (Å²) in [6.45, 7) is 0.293. The molecule has 3 heterocycles. The number of hydrogen-bond acceptors (Lipinski definition) is 5. The van der Waals surface area contributed by atoms with E-state index in [1.165, 1.54) is 4.90 Å². The van der Waals surface area contributed by atoms with E-state index >= 15 is 0 Å². The first kappa shape index (κ1) is 19.0. The van der Waals surface area contributed by atoms with E-state index in [2.05, 4.69) is 31.7 Å². The second-order valence-corrected chi connectivity index (χ2v) is 7.34. The molecule has 1 fully saturated rings. The summed E-state index contributed by atoms with van der Waals surface area (Å²) in [4.78, 5) is 29.7. The quantitative estimate of drug-likeness (QED) is 0.317. The number of nitrogens with one attached hydrogen (secondary N) is 2. The Morgan fingerprint density at radius 1 is 1.42 bits per heavy atom. The van der Waals surface area contributed by atoms with Gasteiger partial charge in [0.1, 0.15) is 11.4 Å². The van der Waals surface area contributed by atoms with Crippen molar-refractivity contribution in [1.29, 1.82) is 0 Å². The largest absolute Gasteiger partial charge is 0.344 e. The second kappa shape index (κ2) is 7.09. The van der Waals surface area contributed by atoms with E-state index in [-0.39, 0.29) is 5.69 Å². The number of aromatic nitrogens is 1. The van der Waals surface area contributed by atoms with Crippen LogP contribution in [0, 0.1) is 23.7 Å². The van der Waals surface area contributed by atoms with Crippen molar-refractivity contribution in [3.63, 3.8) is 0 Å². The Balaban J connectivity index is 1.90. The standard InChI is InChI=1S/C15H15BrClF2N5O2/c1-23-5-6(11-10(16)12(17)22-24(11)2)9(15(23)26)14(25)20-7-3-4-8(18)21-13(7)19/h3-4,6,9,12,22H,5H2,1-2H3,(H,20,25)/t6-,9-,12?/m0/s1. The molecule has 1 saturated heterocycles. The average Bonchev–Trinajstić information content (AvgIpc) is 2.98. The molecule has 1 unspecified atom stereocenters. The first-order valence-corrected chi connectivity index (χ1v) is 8.85. The highest BCUT2D eigenvalue weighted by Gasteiger charge is 2.48. The van der Waals surface area contributed by atoms with Crippen LogP contribution in [0.15, 0.2) is 22.3 Å². The van der Waals surface area contributed by atoms with Crippen LogP contribution in [-0.2, 0) is 9.59 Å². The van der Waals surface area contributed by atoms with Gasteiger partial charge in [0.2, 0.25) is 23.7 Å². The highest BCUT2D eigenvalue weighted by molar-refractivity contribution is 9.11. The van der Waals surface area contributed by atoms with Crippen molar-refractivity contribution in [2.24, 2.45) is 11.8 Å². The number of nitrogens with zero attached hydrogens (tertiary/aromatic N) is 3. The predicted octanol–water partition coefficient (Wildman–Crippen LogP) is 1.62. The zero-order chi connectivity index (χ0) is 19.2. The lowest BCUT2D eigenvalue weighted by Gasteiger charge is -2.24. The molecule has 3 rings (SSSR count). The van der Waals surface area contributed by atoms with Gasteiger partial charge >= 0.3 is 0 Å². The molecule has 140 valence electrons. The second-order valence-electron chi connectivity index (χ2n) is 6.05. The maximum Gasteiger partial charge on any atom is 0.239 e. The van der Waals surface area contributed by atoms with Crippen molar-refractivity contribution in [2.45, 2.75) is 5.50 Å². The summed E-state index contributed by atoms with van der Waals surface area (Å²) in [5.74, 6) is -4.85. The van der Waals surface area contributed by atoms with E-state index in [0.29, 0.717) is 16.7 Å². The molecule has 0 bridgehead atoms. The molecule has 0 saturated carbocycles. The summed E-state index contributed by atoms with van der Waals surface area (Å²) in [7, 11) is 3.30. The van der Waals surface area contributed by atoms with Crippen molar-refractivity contribution in [1.82, 2.24) is 20.3 Å². The lowest BCUT2D eigenvalue weighted by atomic mass is 9.91. The Hall–Kier alpha value is -1.78. The van der Waals surface area contributed by atoms with Crippen LogP contribution in [0.5, 0.6) is 0 Å². The minimum Gasteiger partial charge on any atom is -0.344 e. The smallest absolute Gasteiger partial charge is 0.239 e. The zero-order valence-corrected chi connectivity index (χ0v) is 16.1. The topological polar surface area (TPSA) is 77.6 Å². The van der Waals surface area contributed by atoms with Crippen molar-refractivity contribution < 1.29 is 18.4 Å². The minimum atomic E-state index is -1.16. The molecule has 2 amide bonds. The average molecular weight is 451 g/mol. The van der Waals surface area contributed by atoms with Gasteiger partial charge in [0.25, 0.3) is 0 Å². The summed E-state index contributed by atoms with van der Waals surface area (Å²) in [5, 5.41) is 3.98. The normalized spacial score (nSPS) is 26.1. The molecule has 3 atom stereocenters.